The fraction of sp³-hybridized carbons (Fsp3) is 0.417. The zero-order chi connectivity index (χ0) is 24.4. The lowest BCUT2D eigenvalue weighted by Crippen LogP contribution is -2.43. The first kappa shape index (κ1) is 24.4. The molecule has 35 heavy (non-hydrogen) atoms. The zero-order valence-corrected chi connectivity index (χ0v) is 21.7. The van der Waals surface area contributed by atoms with Gasteiger partial charge in [0.1, 0.15) is 5.82 Å². The van der Waals surface area contributed by atoms with E-state index < -0.39 is 6.10 Å². The first-order chi connectivity index (χ1) is 17.0. The summed E-state index contributed by atoms with van der Waals surface area (Å²) in [5.74, 6) is 1.56. The highest BCUT2D eigenvalue weighted by molar-refractivity contribution is 9.10. The Morgan fingerprint density at radius 3 is 2.94 bits per heavy atom. The number of carbonyl (C=O) groups excluding carboxylic acids is 1. The summed E-state index contributed by atoms with van der Waals surface area (Å²) >= 11 is 5.13. The number of thioether (sulfide) groups is 1. The summed E-state index contributed by atoms with van der Waals surface area (Å²) < 4.78 is 6.20. The van der Waals surface area contributed by atoms with Gasteiger partial charge >= 0.3 is 0 Å². The van der Waals surface area contributed by atoms with Gasteiger partial charge in [0.05, 0.1) is 40.6 Å². The number of aliphatic hydroxyl groups excluding tert-OH is 1. The normalized spacial score (nSPS) is 17.7. The van der Waals surface area contributed by atoms with Gasteiger partial charge < -0.3 is 25.4 Å². The molecule has 3 aromatic rings. The first-order valence-corrected chi connectivity index (χ1v) is 13.3. The third-order valence-electron chi connectivity index (χ3n) is 6.36. The molecule has 0 bridgehead atoms. The van der Waals surface area contributed by atoms with E-state index in [1.54, 1.807) is 19.4 Å². The predicted octanol–water partition coefficient (Wildman–Crippen LogP) is 3.13. The number of ether oxygens (including phenoxy) is 1. The fourth-order valence-corrected chi connectivity index (χ4v) is 5.86. The van der Waals surface area contributed by atoms with Gasteiger partial charge in [0.25, 0.3) is 0 Å². The molecule has 0 saturated carbocycles. The minimum absolute atomic E-state index is 0.0135. The molecule has 5 rings (SSSR count). The van der Waals surface area contributed by atoms with E-state index in [0.29, 0.717) is 42.1 Å². The Kier molecular flexibility index (Phi) is 7.49. The summed E-state index contributed by atoms with van der Waals surface area (Å²) in [6.45, 7) is 2.94. The Balaban J connectivity index is 1.16. The van der Waals surface area contributed by atoms with Crippen LogP contribution in [-0.2, 0) is 11.3 Å². The summed E-state index contributed by atoms with van der Waals surface area (Å²) in [5.41, 5.74) is 3.07. The number of carbonyl (C=O) groups is 1. The summed E-state index contributed by atoms with van der Waals surface area (Å²) in [6, 6.07) is 7.86. The molecule has 2 aliphatic heterocycles. The third-order valence-corrected chi connectivity index (χ3v) is 8.08. The molecule has 3 aromatic heterocycles. The highest BCUT2D eigenvalue weighted by atomic mass is 79.9. The van der Waals surface area contributed by atoms with Gasteiger partial charge in [-0.25, -0.2) is 9.97 Å². The van der Waals surface area contributed by atoms with Crippen molar-refractivity contribution >= 4 is 50.5 Å². The van der Waals surface area contributed by atoms with Gasteiger partial charge in [-0.2, -0.15) is 0 Å². The highest BCUT2D eigenvalue weighted by Gasteiger charge is 2.24. The number of nitrogens with one attached hydrogen (secondary N) is 2. The molecule has 11 heteroatoms. The number of methoxy groups -OCH3 is 1. The maximum atomic E-state index is 11.7. The minimum atomic E-state index is -0.659. The molecule has 0 aliphatic carbocycles. The number of likely N-dealkylation sites (tertiary alicyclic amines) is 1. The van der Waals surface area contributed by atoms with Crippen LogP contribution in [0.3, 0.4) is 0 Å². The van der Waals surface area contributed by atoms with Crippen molar-refractivity contribution in [2.24, 2.45) is 0 Å². The number of piperidine rings is 1. The molecule has 2 aliphatic rings. The van der Waals surface area contributed by atoms with Crippen LogP contribution in [-0.4, -0.2) is 69.4 Å². The minimum Gasteiger partial charge on any atom is -0.481 e. The maximum Gasteiger partial charge on any atom is 0.235 e. The van der Waals surface area contributed by atoms with Crippen LogP contribution < -0.4 is 15.4 Å². The number of aliphatic hydroxyl groups is 1. The van der Waals surface area contributed by atoms with Crippen LogP contribution in [0.15, 0.2) is 39.8 Å². The van der Waals surface area contributed by atoms with Gasteiger partial charge in [0.2, 0.25) is 11.8 Å². The average molecular weight is 559 g/mol. The maximum absolute atomic E-state index is 11.7. The first-order valence-electron chi connectivity index (χ1n) is 11.6. The summed E-state index contributed by atoms with van der Waals surface area (Å²) in [6.07, 6.45) is 3.01. The van der Waals surface area contributed by atoms with E-state index in [1.807, 2.05) is 18.2 Å². The third kappa shape index (κ3) is 5.59. The Labute approximate surface area is 216 Å². The summed E-state index contributed by atoms with van der Waals surface area (Å²) in [5, 5.41) is 17.4. The second kappa shape index (κ2) is 10.8. The Morgan fingerprint density at radius 1 is 1.31 bits per heavy atom. The molecule has 9 nitrogen and oxygen atoms in total. The van der Waals surface area contributed by atoms with E-state index in [2.05, 4.69) is 46.4 Å². The standard InChI is InChI=1S/C24H27BrN6O3S/c1-34-22-3-2-17-23(30-22)15(4-7-26-17)19(32)12-31-8-5-14(6-9-31)27-11-18-16(25)10-20-24(28-18)29-21(33)13-35-20/h2-4,7,10,14,19,27,32H,5-6,8-9,11-13H2,1H3,(H,28,29,33)/t19-/m1/s1. The molecule has 0 radical (unpaired) electrons. The van der Waals surface area contributed by atoms with Crippen LogP contribution in [0.25, 0.3) is 11.0 Å². The number of anilines is 1. The fourth-order valence-electron chi connectivity index (χ4n) is 4.46. The van der Waals surface area contributed by atoms with Crippen molar-refractivity contribution in [1.29, 1.82) is 0 Å². The van der Waals surface area contributed by atoms with Crippen molar-refractivity contribution in [2.45, 2.75) is 36.4 Å². The Bertz CT molecular complexity index is 1240. The molecule has 0 unspecified atom stereocenters. The monoisotopic (exact) mass is 558 g/mol. The molecule has 0 spiro atoms. The van der Waals surface area contributed by atoms with E-state index in [-0.39, 0.29) is 5.91 Å². The number of aromatic nitrogens is 3. The van der Waals surface area contributed by atoms with Crippen LogP contribution >= 0.6 is 27.7 Å². The molecule has 184 valence electrons. The number of β-amino-alcohol motifs (C(OH)–C–C–N with tert-alkyl or cyclic N) is 1. The molecule has 0 aromatic carbocycles. The van der Waals surface area contributed by atoms with Crippen LogP contribution in [0.5, 0.6) is 5.88 Å². The number of halogens is 1. The SMILES string of the molecule is COc1ccc2nccc([C@H](O)CN3CCC(NCc4nc5c(cc4Br)SCC(=O)N5)CC3)c2n1. The number of rotatable bonds is 7. The van der Waals surface area contributed by atoms with E-state index in [1.165, 1.54) is 11.8 Å². The van der Waals surface area contributed by atoms with Crippen molar-refractivity contribution in [2.75, 3.05) is 37.8 Å². The van der Waals surface area contributed by atoms with Crippen molar-refractivity contribution in [1.82, 2.24) is 25.2 Å². The molecular formula is C24H27BrN6O3S. The number of pyridine rings is 3. The van der Waals surface area contributed by atoms with Gasteiger partial charge in [0, 0.05) is 41.4 Å². The summed E-state index contributed by atoms with van der Waals surface area (Å²) in [7, 11) is 1.58. The molecule has 3 N–H and O–H groups in total. The lowest BCUT2D eigenvalue weighted by Gasteiger charge is -2.33. The lowest BCUT2D eigenvalue weighted by molar-refractivity contribution is -0.113. The van der Waals surface area contributed by atoms with Crippen LogP contribution in [0, 0.1) is 0 Å². The number of fused-ring (bicyclic) bond motifs is 2. The van der Waals surface area contributed by atoms with Gasteiger partial charge in [0.15, 0.2) is 0 Å². The van der Waals surface area contributed by atoms with Gasteiger partial charge in [-0.05, 0) is 60.1 Å². The van der Waals surface area contributed by atoms with Gasteiger partial charge in [-0.15, -0.1) is 11.8 Å². The van der Waals surface area contributed by atoms with E-state index in [4.69, 9.17) is 4.74 Å². The van der Waals surface area contributed by atoms with Crippen molar-refractivity contribution in [3.05, 3.63) is 46.2 Å². The van der Waals surface area contributed by atoms with Crippen molar-refractivity contribution < 1.29 is 14.6 Å². The van der Waals surface area contributed by atoms with Gasteiger partial charge in [-0.3, -0.25) is 9.78 Å². The van der Waals surface area contributed by atoms with Crippen LogP contribution in [0.4, 0.5) is 5.82 Å². The zero-order valence-electron chi connectivity index (χ0n) is 19.3. The van der Waals surface area contributed by atoms with Crippen LogP contribution in [0.2, 0.25) is 0 Å². The van der Waals surface area contributed by atoms with Crippen LogP contribution in [0.1, 0.15) is 30.2 Å². The summed E-state index contributed by atoms with van der Waals surface area (Å²) in [4.78, 5) is 28.5. The Morgan fingerprint density at radius 2 is 2.14 bits per heavy atom. The molecule has 5 heterocycles. The van der Waals surface area contributed by atoms with Crippen molar-refractivity contribution in [3.63, 3.8) is 0 Å². The number of hydrogen-bond donors (Lipinski definition) is 3. The molecule has 1 saturated heterocycles. The van der Waals surface area contributed by atoms with E-state index in [0.717, 1.165) is 52.1 Å². The number of nitrogens with zero attached hydrogens (tertiary/aromatic N) is 4. The van der Waals surface area contributed by atoms with E-state index >= 15 is 0 Å². The number of hydrogen-bond acceptors (Lipinski definition) is 9. The average Bonchev–Trinajstić information content (AvgIpc) is 2.87. The van der Waals surface area contributed by atoms with Crippen molar-refractivity contribution in [3.8, 4) is 5.88 Å². The highest BCUT2D eigenvalue weighted by Crippen LogP contribution is 2.33. The molecule has 1 fully saturated rings. The molecule has 1 atom stereocenters. The molecule has 1 amide bonds. The van der Waals surface area contributed by atoms with Gasteiger partial charge in [-0.1, -0.05) is 0 Å². The second-order valence-electron chi connectivity index (χ2n) is 8.69. The second-order valence-corrected chi connectivity index (χ2v) is 10.6. The lowest BCUT2D eigenvalue weighted by atomic mass is 10.0. The number of amides is 1. The topological polar surface area (TPSA) is 113 Å². The largest absolute Gasteiger partial charge is 0.481 e. The Hall–Kier alpha value is -2.31. The van der Waals surface area contributed by atoms with E-state index in [9.17, 15) is 9.90 Å². The molecular weight excluding hydrogens is 532 g/mol. The smallest absolute Gasteiger partial charge is 0.235 e. The quantitative estimate of drug-likeness (QED) is 0.402. The predicted molar refractivity (Wildman–Crippen MR) is 139 cm³/mol.